The Bertz CT molecular complexity index is 993. The minimum atomic E-state index is -0.750. The van der Waals surface area contributed by atoms with E-state index in [2.05, 4.69) is 0 Å². The molecule has 140 valence electrons. The quantitative estimate of drug-likeness (QED) is 0.519. The normalized spacial score (nSPS) is 21.7. The lowest BCUT2D eigenvalue weighted by molar-refractivity contribution is -0.0433. The number of phenolic OH excluding ortho intramolecular Hbond substituents is 4. The standard InChI is InChI=1S/C20H18O7/c1-8-3-2-4-14(27-8)17-13(23)7-11-16(20(17)26)19(25)15-10(18(11)24)5-9(21)6-12(15)22/h5-8,14,21-23,26H,2-4H2,1H3. The van der Waals surface area contributed by atoms with Gasteiger partial charge in [-0.2, -0.15) is 0 Å². The van der Waals surface area contributed by atoms with Crippen molar-refractivity contribution in [3.63, 3.8) is 0 Å². The van der Waals surface area contributed by atoms with Gasteiger partial charge in [-0.1, -0.05) is 0 Å². The fraction of sp³-hybridized carbons (Fsp3) is 0.300. The summed E-state index contributed by atoms with van der Waals surface area (Å²) in [6, 6.07) is 3.17. The average Bonchev–Trinajstić information content (AvgIpc) is 2.58. The first-order valence-electron chi connectivity index (χ1n) is 8.69. The molecule has 7 heteroatoms. The van der Waals surface area contributed by atoms with E-state index in [4.69, 9.17) is 4.74 Å². The number of carbonyl (C=O) groups excluding carboxylic acids is 2. The Morgan fingerprint density at radius 2 is 1.59 bits per heavy atom. The van der Waals surface area contributed by atoms with E-state index in [-0.39, 0.29) is 45.4 Å². The van der Waals surface area contributed by atoms with Crippen LogP contribution in [0.15, 0.2) is 18.2 Å². The number of ketones is 2. The molecular formula is C20H18O7. The molecule has 1 heterocycles. The smallest absolute Gasteiger partial charge is 0.201 e. The van der Waals surface area contributed by atoms with Crippen LogP contribution in [-0.2, 0) is 4.74 Å². The van der Waals surface area contributed by atoms with Crippen molar-refractivity contribution in [1.29, 1.82) is 0 Å². The molecule has 1 saturated heterocycles. The van der Waals surface area contributed by atoms with Gasteiger partial charge >= 0.3 is 0 Å². The average molecular weight is 370 g/mol. The van der Waals surface area contributed by atoms with Crippen molar-refractivity contribution in [2.24, 2.45) is 0 Å². The number of hydrogen-bond acceptors (Lipinski definition) is 7. The monoisotopic (exact) mass is 370 g/mol. The van der Waals surface area contributed by atoms with Crippen LogP contribution in [0.25, 0.3) is 0 Å². The first kappa shape index (κ1) is 17.4. The zero-order valence-electron chi connectivity index (χ0n) is 14.5. The number of rotatable bonds is 1. The molecule has 1 aliphatic carbocycles. The number of carbonyl (C=O) groups is 2. The summed E-state index contributed by atoms with van der Waals surface area (Å²) in [5, 5.41) is 40.9. The van der Waals surface area contributed by atoms with E-state index in [0.29, 0.717) is 6.42 Å². The molecule has 2 aliphatic rings. The van der Waals surface area contributed by atoms with E-state index in [0.717, 1.165) is 31.0 Å². The van der Waals surface area contributed by atoms with Crippen LogP contribution in [0.3, 0.4) is 0 Å². The summed E-state index contributed by atoms with van der Waals surface area (Å²) >= 11 is 0. The van der Waals surface area contributed by atoms with E-state index in [1.807, 2.05) is 6.92 Å². The molecule has 0 amide bonds. The van der Waals surface area contributed by atoms with E-state index in [9.17, 15) is 30.0 Å². The maximum absolute atomic E-state index is 12.9. The fourth-order valence-electron chi connectivity index (χ4n) is 3.92. The zero-order chi connectivity index (χ0) is 19.5. The Labute approximate surface area is 154 Å². The molecule has 2 atom stereocenters. The van der Waals surface area contributed by atoms with E-state index < -0.39 is 29.2 Å². The van der Waals surface area contributed by atoms with Crippen LogP contribution in [0.4, 0.5) is 0 Å². The van der Waals surface area contributed by atoms with Gasteiger partial charge in [-0.25, -0.2) is 0 Å². The molecule has 2 aromatic rings. The minimum Gasteiger partial charge on any atom is -0.508 e. The second-order valence-corrected chi connectivity index (χ2v) is 6.99. The van der Waals surface area contributed by atoms with Gasteiger partial charge in [0.25, 0.3) is 0 Å². The SMILES string of the molecule is CC1CCCC(c2c(O)cc3c(c2O)C(=O)c2c(O)cc(O)cc2C3=O)O1. The number of phenols is 4. The molecule has 0 bridgehead atoms. The fourth-order valence-corrected chi connectivity index (χ4v) is 3.92. The predicted octanol–water partition coefficient (Wildman–Crippen LogP) is 2.91. The van der Waals surface area contributed by atoms with Crippen LogP contribution in [0.2, 0.25) is 0 Å². The third-order valence-electron chi connectivity index (χ3n) is 5.16. The van der Waals surface area contributed by atoms with Gasteiger partial charge in [0.15, 0.2) is 5.78 Å². The van der Waals surface area contributed by atoms with Crippen molar-refractivity contribution < 1.29 is 34.8 Å². The van der Waals surface area contributed by atoms with Crippen molar-refractivity contribution in [2.75, 3.05) is 0 Å². The molecule has 1 aliphatic heterocycles. The van der Waals surface area contributed by atoms with Gasteiger partial charge in [-0.05, 0) is 38.3 Å². The van der Waals surface area contributed by atoms with Gasteiger partial charge in [-0.3, -0.25) is 9.59 Å². The lowest BCUT2D eigenvalue weighted by Gasteiger charge is -2.30. The number of hydrogen-bond donors (Lipinski definition) is 4. The molecular weight excluding hydrogens is 352 g/mol. The van der Waals surface area contributed by atoms with Crippen LogP contribution in [0, 0.1) is 0 Å². The Hall–Kier alpha value is -3.06. The molecule has 0 spiro atoms. The third-order valence-corrected chi connectivity index (χ3v) is 5.16. The number of benzene rings is 2. The Balaban J connectivity index is 1.92. The van der Waals surface area contributed by atoms with Gasteiger partial charge < -0.3 is 25.2 Å². The van der Waals surface area contributed by atoms with Crippen LogP contribution < -0.4 is 0 Å². The van der Waals surface area contributed by atoms with Gasteiger partial charge in [0.2, 0.25) is 5.78 Å². The van der Waals surface area contributed by atoms with E-state index >= 15 is 0 Å². The minimum absolute atomic E-state index is 0.0661. The molecule has 1 fully saturated rings. The van der Waals surface area contributed by atoms with Gasteiger partial charge in [0, 0.05) is 17.2 Å². The lowest BCUT2D eigenvalue weighted by atomic mass is 9.80. The van der Waals surface area contributed by atoms with Gasteiger partial charge in [0.1, 0.15) is 23.0 Å². The largest absolute Gasteiger partial charge is 0.508 e. The van der Waals surface area contributed by atoms with Crippen LogP contribution in [0.1, 0.15) is 69.7 Å². The highest BCUT2D eigenvalue weighted by atomic mass is 16.5. The Morgan fingerprint density at radius 3 is 2.30 bits per heavy atom. The third kappa shape index (κ3) is 2.54. The number of aromatic hydroxyl groups is 4. The molecule has 4 N–H and O–H groups in total. The molecule has 4 rings (SSSR count). The summed E-state index contributed by atoms with van der Waals surface area (Å²) in [6.07, 6.45) is 1.57. The maximum atomic E-state index is 12.9. The predicted molar refractivity (Wildman–Crippen MR) is 93.5 cm³/mol. The number of ether oxygens (including phenoxy) is 1. The second kappa shape index (κ2) is 5.99. The molecule has 2 aromatic carbocycles. The summed E-state index contributed by atoms with van der Waals surface area (Å²) < 4.78 is 5.80. The molecule has 0 radical (unpaired) electrons. The molecule has 27 heavy (non-hydrogen) atoms. The Morgan fingerprint density at radius 1 is 0.889 bits per heavy atom. The van der Waals surface area contributed by atoms with E-state index in [1.165, 1.54) is 0 Å². The van der Waals surface area contributed by atoms with Crippen LogP contribution in [0.5, 0.6) is 23.0 Å². The highest BCUT2D eigenvalue weighted by Crippen LogP contribution is 2.47. The van der Waals surface area contributed by atoms with Crippen LogP contribution >= 0.6 is 0 Å². The first-order chi connectivity index (χ1) is 12.8. The van der Waals surface area contributed by atoms with Crippen molar-refractivity contribution in [3.8, 4) is 23.0 Å². The van der Waals surface area contributed by atoms with Gasteiger partial charge in [0.05, 0.1) is 28.9 Å². The molecule has 0 aromatic heterocycles. The first-order valence-corrected chi connectivity index (χ1v) is 8.69. The van der Waals surface area contributed by atoms with E-state index in [1.54, 1.807) is 0 Å². The Kier molecular flexibility index (Phi) is 3.85. The number of fused-ring (bicyclic) bond motifs is 2. The molecule has 0 saturated carbocycles. The topological polar surface area (TPSA) is 124 Å². The van der Waals surface area contributed by atoms with Crippen LogP contribution in [-0.4, -0.2) is 38.1 Å². The van der Waals surface area contributed by atoms with Crippen molar-refractivity contribution in [2.45, 2.75) is 38.4 Å². The van der Waals surface area contributed by atoms with Crippen molar-refractivity contribution in [1.82, 2.24) is 0 Å². The summed E-state index contributed by atoms with van der Waals surface area (Å²) in [5.74, 6) is -3.20. The summed E-state index contributed by atoms with van der Waals surface area (Å²) in [4.78, 5) is 25.7. The van der Waals surface area contributed by atoms with Crippen molar-refractivity contribution in [3.05, 3.63) is 46.0 Å². The maximum Gasteiger partial charge on any atom is 0.201 e. The lowest BCUT2D eigenvalue weighted by Crippen LogP contribution is -2.24. The highest BCUT2D eigenvalue weighted by molar-refractivity contribution is 6.30. The summed E-state index contributed by atoms with van der Waals surface area (Å²) in [7, 11) is 0. The second-order valence-electron chi connectivity index (χ2n) is 6.99. The van der Waals surface area contributed by atoms with Gasteiger partial charge in [-0.15, -0.1) is 0 Å². The summed E-state index contributed by atoms with van der Waals surface area (Å²) in [6.45, 7) is 1.88. The molecule has 2 unspecified atom stereocenters. The highest BCUT2D eigenvalue weighted by Gasteiger charge is 2.38. The van der Waals surface area contributed by atoms with Crippen molar-refractivity contribution >= 4 is 11.6 Å². The zero-order valence-corrected chi connectivity index (χ0v) is 14.5. The molecule has 7 nitrogen and oxygen atoms in total. The summed E-state index contributed by atoms with van der Waals surface area (Å²) in [5.41, 5.74) is -0.847.